The molecule has 1 saturated carbocycles. The van der Waals surface area contributed by atoms with Crippen LogP contribution in [0.2, 0.25) is 0 Å². The molecule has 0 bridgehead atoms. The van der Waals surface area contributed by atoms with E-state index in [0.717, 1.165) is 36.5 Å². The van der Waals surface area contributed by atoms with Crippen LogP contribution in [0.1, 0.15) is 49.3 Å². The third-order valence-corrected chi connectivity index (χ3v) is 7.31. The summed E-state index contributed by atoms with van der Waals surface area (Å²) in [6.07, 6.45) is 3.07. The Balaban J connectivity index is 1.37. The summed E-state index contributed by atoms with van der Waals surface area (Å²) in [5.74, 6) is -3.39. The average molecular weight is 518 g/mol. The lowest BCUT2D eigenvalue weighted by Gasteiger charge is -2.25. The zero-order valence-corrected chi connectivity index (χ0v) is 21.3. The van der Waals surface area contributed by atoms with Crippen molar-refractivity contribution >= 4 is 5.97 Å². The topological polar surface area (TPSA) is 88.2 Å². The fourth-order valence-corrected chi connectivity index (χ4v) is 5.10. The van der Waals surface area contributed by atoms with Crippen molar-refractivity contribution in [2.45, 2.75) is 57.5 Å². The molecule has 1 aliphatic carbocycles. The van der Waals surface area contributed by atoms with Crippen LogP contribution in [0.3, 0.4) is 0 Å². The van der Waals surface area contributed by atoms with E-state index >= 15 is 0 Å². The molecule has 1 aliphatic rings. The van der Waals surface area contributed by atoms with Crippen molar-refractivity contribution in [1.29, 1.82) is 0 Å². The smallest absolute Gasteiger partial charge is 0.323 e. The van der Waals surface area contributed by atoms with Gasteiger partial charge in [0.1, 0.15) is 5.54 Å². The Morgan fingerprint density at radius 3 is 2.37 bits per heavy atom. The lowest BCUT2D eigenvalue weighted by molar-refractivity contribution is -0.144. The van der Waals surface area contributed by atoms with Gasteiger partial charge in [0.05, 0.1) is 0 Å². The molecule has 0 aliphatic heterocycles. The summed E-state index contributed by atoms with van der Waals surface area (Å²) < 4.78 is 34.8. The SMILES string of the molecule is Cc1ccccc1-c1ccc(-c2nc(-c3ccc(CNC4(C(=O)O)CCCC4)cc3)no2)cc1C(C)(F)F. The highest BCUT2D eigenvalue weighted by Gasteiger charge is 2.40. The highest BCUT2D eigenvalue weighted by Crippen LogP contribution is 2.39. The fraction of sp³-hybridized carbons (Fsp3) is 0.300. The van der Waals surface area contributed by atoms with Crippen molar-refractivity contribution in [3.63, 3.8) is 0 Å². The Morgan fingerprint density at radius 2 is 1.71 bits per heavy atom. The largest absolute Gasteiger partial charge is 0.480 e. The number of hydrogen-bond acceptors (Lipinski definition) is 5. The van der Waals surface area contributed by atoms with E-state index in [1.165, 1.54) is 6.07 Å². The number of benzene rings is 3. The molecule has 1 heterocycles. The number of carbonyl (C=O) groups is 1. The number of aliphatic carboxylic acids is 1. The van der Waals surface area contributed by atoms with E-state index in [4.69, 9.17) is 4.52 Å². The van der Waals surface area contributed by atoms with E-state index in [9.17, 15) is 18.7 Å². The monoisotopic (exact) mass is 517 g/mol. The summed E-state index contributed by atoms with van der Waals surface area (Å²) in [5.41, 5.74) is 3.21. The molecule has 6 nitrogen and oxygen atoms in total. The first kappa shape index (κ1) is 25.7. The number of aryl methyl sites for hydroxylation is 1. The second kappa shape index (κ2) is 10.1. The Kier molecular flexibility index (Phi) is 6.84. The van der Waals surface area contributed by atoms with Gasteiger partial charge in [0, 0.05) is 30.2 Å². The van der Waals surface area contributed by atoms with Crippen LogP contribution in [0.5, 0.6) is 0 Å². The van der Waals surface area contributed by atoms with Gasteiger partial charge in [-0.05, 0) is 54.2 Å². The molecule has 1 aromatic heterocycles. The molecular formula is C30H29F2N3O3. The molecular weight excluding hydrogens is 488 g/mol. The minimum absolute atomic E-state index is 0.109. The van der Waals surface area contributed by atoms with Crippen molar-refractivity contribution in [2.24, 2.45) is 0 Å². The molecule has 1 fully saturated rings. The lowest BCUT2D eigenvalue weighted by Crippen LogP contribution is -2.49. The minimum Gasteiger partial charge on any atom is -0.480 e. The quantitative estimate of drug-likeness (QED) is 0.262. The van der Waals surface area contributed by atoms with Crippen LogP contribution in [-0.4, -0.2) is 26.8 Å². The zero-order chi connectivity index (χ0) is 26.9. The second-order valence-electron chi connectivity index (χ2n) is 10.0. The standard InChI is InChI=1S/C30H29F2N3O3/c1-19-7-3-4-8-23(19)24-14-13-22(17-25(24)29(2,31)32)27-34-26(35-38-27)21-11-9-20(10-12-21)18-33-30(28(36)37)15-5-6-16-30/h3-4,7-14,17,33H,5-6,15-16,18H2,1-2H3,(H,36,37). The molecule has 4 aromatic rings. The van der Waals surface area contributed by atoms with Gasteiger partial charge in [-0.15, -0.1) is 0 Å². The second-order valence-corrected chi connectivity index (χ2v) is 10.0. The predicted molar refractivity (Wildman–Crippen MR) is 141 cm³/mol. The van der Waals surface area contributed by atoms with Gasteiger partial charge in [-0.25, -0.2) is 8.78 Å². The van der Waals surface area contributed by atoms with Crippen molar-refractivity contribution < 1.29 is 23.2 Å². The molecule has 0 amide bonds. The summed E-state index contributed by atoms with van der Waals surface area (Å²) in [6, 6.07) is 19.7. The summed E-state index contributed by atoms with van der Waals surface area (Å²) >= 11 is 0. The Bertz CT molecular complexity index is 1450. The van der Waals surface area contributed by atoms with Gasteiger partial charge in [-0.2, -0.15) is 4.98 Å². The summed E-state index contributed by atoms with van der Waals surface area (Å²) in [4.78, 5) is 16.2. The number of nitrogens with one attached hydrogen (secondary N) is 1. The number of nitrogens with zero attached hydrogens (tertiary/aromatic N) is 2. The average Bonchev–Trinajstić information content (AvgIpc) is 3.59. The van der Waals surface area contributed by atoms with Crippen LogP contribution in [0.25, 0.3) is 34.0 Å². The van der Waals surface area contributed by atoms with Crippen LogP contribution < -0.4 is 5.32 Å². The molecule has 38 heavy (non-hydrogen) atoms. The highest BCUT2D eigenvalue weighted by molar-refractivity contribution is 5.79. The summed E-state index contributed by atoms with van der Waals surface area (Å²) in [5, 5.41) is 16.9. The van der Waals surface area contributed by atoms with Gasteiger partial charge >= 0.3 is 5.97 Å². The van der Waals surface area contributed by atoms with E-state index in [1.54, 1.807) is 12.1 Å². The van der Waals surface area contributed by atoms with Gasteiger partial charge in [-0.3, -0.25) is 10.1 Å². The van der Waals surface area contributed by atoms with Gasteiger partial charge in [0.15, 0.2) is 0 Å². The number of carboxylic acid groups (broad SMARTS) is 1. The molecule has 0 spiro atoms. The third-order valence-electron chi connectivity index (χ3n) is 7.31. The molecule has 0 saturated heterocycles. The molecule has 0 unspecified atom stereocenters. The Hall–Kier alpha value is -3.91. The normalized spacial score (nSPS) is 15.1. The molecule has 2 N–H and O–H groups in total. The van der Waals surface area contributed by atoms with E-state index in [2.05, 4.69) is 15.5 Å². The minimum atomic E-state index is -3.07. The maximum atomic E-state index is 14.7. The molecule has 0 atom stereocenters. The first-order valence-electron chi connectivity index (χ1n) is 12.7. The van der Waals surface area contributed by atoms with Crippen molar-refractivity contribution in [2.75, 3.05) is 0 Å². The number of carboxylic acids is 1. The highest BCUT2D eigenvalue weighted by atomic mass is 19.3. The Labute approximate surface area is 219 Å². The van der Waals surface area contributed by atoms with E-state index in [-0.39, 0.29) is 11.5 Å². The molecule has 3 aromatic carbocycles. The van der Waals surface area contributed by atoms with E-state index < -0.39 is 17.4 Å². The number of alkyl halides is 2. The number of rotatable bonds is 8. The van der Waals surface area contributed by atoms with Crippen LogP contribution in [0.15, 0.2) is 71.3 Å². The summed E-state index contributed by atoms with van der Waals surface area (Å²) in [6.45, 7) is 3.21. The van der Waals surface area contributed by atoms with E-state index in [1.807, 2.05) is 55.5 Å². The van der Waals surface area contributed by atoms with Gasteiger partial charge in [0.2, 0.25) is 5.82 Å². The van der Waals surface area contributed by atoms with Crippen molar-refractivity contribution in [1.82, 2.24) is 15.5 Å². The van der Waals surface area contributed by atoms with Crippen LogP contribution >= 0.6 is 0 Å². The van der Waals surface area contributed by atoms with Gasteiger partial charge in [0.25, 0.3) is 11.8 Å². The van der Waals surface area contributed by atoms with Crippen LogP contribution in [0, 0.1) is 6.92 Å². The fourth-order valence-electron chi connectivity index (χ4n) is 5.10. The maximum Gasteiger partial charge on any atom is 0.323 e. The van der Waals surface area contributed by atoms with Gasteiger partial charge in [-0.1, -0.05) is 72.6 Å². The van der Waals surface area contributed by atoms with Crippen molar-refractivity contribution in [3.8, 4) is 34.0 Å². The van der Waals surface area contributed by atoms with Crippen LogP contribution in [-0.2, 0) is 17.3 Å². The predicted octanol–water partition coefficient (Wildman–Crippen LogP) is 6.98. The maximum absolute atomic E-state index is 14.7. The van der Waals surface area contributed by atoms with Gasteiger partial charge < -0.3 is 9.63 Å². The molecule has 196 valence electrons. The third kappa shape index (κ3) is 5.09. The number of halogens is 2. The number of hydrogen-bond donors (Lipinski definition) is 2. The van der Waals surface area contributed by atoms with Crippen LogP contribution in [0.4, 0.5) is 8.78 Å². The Morgan fingerprint density at radius 1 is 1.03 bits per heavy atom. The summed E-state index contributed by atoms with van der Waals surface area (Å²) in [7, 11) is 0. The van der Waals surface area contributed by atoms with E-state index in [0.29, 0.717) is 41.9 Å². The van der Waals surface area contributed by atoms with Crippen molar-refractivity contribution in [3.05, 3.63) is 83.4 Å². The molecule has 5 rings (SSSR count). The first-order valence-corrected chi connectivity index (χ1v) is 12.7. The zero-order valence-electron chi connectivity index (χ0n) is 21.3. The lowest BCUT2D eigenvalue weighted by atomic mass is 9.92. The molecule has 8 heteroatoms. The number of aromatic nitrogens is 2. The first-order chi connectivity index (χ1) is 18.2. The molecule has 0 radical (unpaired) electrons.